The Morgan fingerprint density at radius 2 is 1.95 bits per heavy atom. The van der Waals surface area contributed by atoms with Crippen LogP contribution < -0.4 is 10.6 Å². The molecule has 2 N–H and O–H groups in total. The van der Waals surface area contributed by atoms with Gasteiger partial charge in [0.05, 0.1) is 0 Å². The summed E-state index contributed by atoms with van der Waals surface area (Å²) in [5, 5.41) is 6.24. The van der Waals surface area contributed by atoms with Crippen molar-refractivity contribution < 1.29 is 4.79 Å². The molecule has 2 rings (SSSR count). The molecule has 0 saturated heterocycles. The second kappa shape index (κ2) is 8.01. The van der Waals surface area contributed by atoms with Crippen LogP contribution in [0.25, 0.3) is 0 Å². The maximum absolute atomic E-state index is 12.5. The van der Waals surface area contributed by atoms with Gasteiger partial charge in [-0.05, 0) is 31.4 Å². The Balaban J connectivity index is 2.07. The van der Waals surface area contributed by atoms with Crippen LogP contribution in [0, 0.1) is 0 Å². The van der Waals surface area contributed by atoms with Crippen LogP contribution in [0.5, 0.6) is 0 Å². The number of hydrogen-bond acceptors (Lipinski definition) is 3. The minimum absolute atomic E-state index is 0.0400. The van der Waals surface area contributed by atoms with Crippen molar-refractivity contribution in [2.24, 2.45) is 0 Å². The van der Waals surface area contributed by atoms with E-state index in [1.54, 1.807) is 0 Å². The second-order valence-electron chi connectivity index (χ2n) is 5.89. The van der Waals surface area contributed by atoms with Crippen LogP contribution in [0.2, 0.25) is 0 Å². The van der Waals surface area contributed by atoms with Gasteiger partial charge in [-0.25, -0.2) is 4.98 Å². The lowest BCUT2D eigenvalue weighted by atomic mass is 10.1. The van der Waals surface area contributed by atoms with Crippen LogP contribution in [-0.4, -0.2) is 24.0 Å². The van der Waals surface area contributed by atoms with E-state index in [9.17, 15) is 4.79 Å². The summed E-state index contributed by atoms with van der Waals surface area (Å²) in [4.78, 5) is 17.0. The van der Waals surface area contributed by atoms with E-state index >= 15 is 0 Å². The van der Waals surface area contributed by atoms with Crippen molar-refractivity contribution in [3.8, 4) is 0 Å². The zero-order valence-corrected chi connectivity index (χ0v) is 13.2. The molecule has 0 radical (unpaired) electrons. The number of nitrogens with zero attached hydrogens (tertiary/aromatic N) is 1. The van der Waals surface area contributed by atoms with Crippen molar-refractivity contribution in [2.45, 2.75) is 64.3 Å². The highest BCUT2D eigenvalue weighted by Crippen LogP contribution is 2.18. The van der Waals surface area contributed by atoms with Crippen LogP contribution in [0.3, 0.4) is 0 Å². The lowest BCUT2D eigenvalue weighted by molar-refractivity contribution is 0.0933. The Morgan fingerprint density at radius 1 is 1.24 bits per heavy atom. The molecule has 1 amide bonds. The van der Waals surface area contributed by atoms with Gasteiger partial charge in [-0.2, -0.15) is 0 Å². The first kappa shape index (κ1) is 15.8. The molecule has 116 valence electrons. The van der Waals surface area contributed by atoms with Crippen molar-refractivity contribution in [3.63, 3.8) is 0 Å². The van der Waals surface area contributed by atoms with E-state index < -0.39 is 0 Å². The zero-order valence-electron chi connectivity index (χ0n) is 13.2. The predicted molar refractivity (Wildman–Crippen MR) is 86.7 cm³/mol. The van der Waals surface area contributed by atoms with Gasteiger partial charge in [0.2, 0.25) is 0 Å². The smallest absolute Gasteiger partial charge is 0.251 e. The highest BCUT2D eigenvalue weighted by atomic mass is 16.1. The van der Waals surface area contributed by atoms with Gasteiger partial charge in [0, 0.05) is 24.3 Å². The monoisotopic (exact) mass is 289 g/mol. The third kappa shape index (κ3) is 4.73. The number of nitrogens with one attached hydrogen (secondary N) is 2. The Labute approximate surface area is 127 Å². The van der Waals surface area contributed by atoms with Gasteiger partial charge in [0.25, 0.3) is 5.91 Å². The van der Waals surface area contributed by atoms with Crippen LogP contribution >= 0.6 is 0 Å². The molecule has 1 aliphatic carbocycles. The average molecular weight is 289 g/mol. The van der Waals surface area contributed by atoms with Gasteiger partial charge >= 0.3 is 0 Å². The first-order valence-corrected chi connectivity index (χ1v) is 8.22. The summed E-state index contributed by atoms with van der Waals surface area (Å²) in [6.07, 6.45) is 9.20. The minimum Gasteiger partial charge on any atom is -0.373 e. The first-order chi connectivity index (χ1) is 10.2. The topological polar surface area (TPSA) is 54.0 Å². The minimum atomic E-state index is 0.0400. The molecule has 1 aromatic heterocycles. The van der Waals surface area contributed by atoms with Gasteiger partial charge in [-0.1, -0.05) is 39.0 Å². The van der Waals surface area contributed by atoms with Gasteiger partial charge in [0.15, 0.2) is 0 Å². The van der Waals surface area contributed by atoms with Gasteiger partial charge < -0.3 is 10.6 Å². The number of anilines is 1. The SMILES string of the molecule is CCCc1cc(C(=O)NC2CCCCCC2)cc(NC)n1. The predicted octanol–water partition coefficient (Wildman–Crippen LogP) is 3.53. The second-order valence-corrected chi connectivity index (χ2v) is 5.89. The highest BCUT2D eigenvalue weighted by molar-refractivity contribution is 5.95. The number of carbonyl (C=O) groups is 1. The Hall–Kier alpha value is -1.58. The summed E-state index contributed by atoms with van der Waals surface area (Å²) in [6.45, 7) is 2.12. The molecule has 0 bridgehead atoms. The van der Waals surface area contributed by atoms with Crippen molar-refractivity contribution in [1.82, 2.24) is 10.3 Å². The molecule has 0 aromatic carbocycles. The Morgan fingerprint density at radius 3 is 2.57 bits per heavy atom. The molecule has 0 spiro atoms. The summed E-state index contributed by atoms with van der Waals surface area (Å²) < 4.78 is 0. The Bertz CT molecular complexity index is 465. The summed E-state index contributed by atoms with van der Waals surface area (Å²) in [6, 6.07) is 4.10. The number of pyridine rings is 1. The van der Waals surface area contributed by atoms with E-state index in [4.69, 9.17) is 0 Å². The lowest BCUT2D eigenvalue weighted by Crippen LogP contribution is -2.34. The van der Waals surface area contributed by atoms with E-state index in [1.165, 1.54) is 25.7 Å². The molecular formula is C17H27N3O. The molecule has 1 saturated carbocycles. The molecular weight excluding hydrogens is 262 g/mol. The van der Waals surface area contributed by atoms with Crippen molar-refractivity contribution in [2.75, 3.05) is 12.4 Å². The zero-order chi connectivity index (χ0) is 15.1. The first-order valence-electron chi connectivity index (χ1n) is 8.22. The number of aromatic nitrogens is 1. The molecule has 1 aromatic rings. The molecule has 1 fully saturated rings. The number of aryl methyl sites for hydroxylation is 1. The summed E-state index contributed by atoms with van der Waals surface area (Å²) in [7, 11) is 1.84. The maximum atomic E-state index is 12.5. The fraction of sp³-hybridized carbons (Fsp3) is 0.647. The van der Waals surface area contributed by atoms with Crippen molar-refractivity contribution in [3.05, 3.63) is 23.4 Å². The fourth-order valence-corrected chi connectivity index (χ4v) is 2.92. The molecule has 4 heteroatoms. The molecule has 0 atom stereocenters. The van der Waals surface area contributed by atoms with E-state index in [0.717, 1.165) is 42.8 Å². The number of amides is 1. The van der Waals surface area contributed by atoms with E-state index in [-0.39, 0.29) is 5.91 Å². The number of carbonyl (C=O) groups excluding carboxylic acids is 1. The molecule has 0 aliphatic heterocycles. The van der Waals surface area contributed by atoms with E-state index in [0.29, 0.717) is 6.04 Å². The Kier molecular flexibility index (Phi) is 6.03. The highest BCUT2D eigenvalue weighted by Gasteiger charge is 2.16. The van der Waals surface area contributed by atoms with Gasteiger partial charge in [-0.15, -0.1) is 0 Å². The molecule has 1 aliphatic rings. The lowest BCUT2D eigenvalue weighted by Gasteiger charge is -2.17. The van der Waals surface area contributed by atoms with Crippen molar-refractivity contribution in [1.29, 1.82) is 0 Å². The van der Waals surface area contributed by atoms with Gasteiger partial charge in [0.1, 0.15) is 5.82 Å². The van der Waals surface area contributed by atoms with Crippen LogP contribution in [0.15, 0.2) is 12.1 Å². The van der Waals surface area contributed by atoms with Crippen LogP contribution in [0.4, 0.5) is 5.82 Å². The average Bonchev–Trinajstić information content (AvgIpc) is 2.76. The summed E-state index contributed by atoms with van der Waals surface area (Å²) >= 11 is 0. The van der Waals surface area contributed by atoms with E-state index in [2.05, 4.69) is 22.5 Å². The largest absolute Gasteiger partial charge is 0.373 e. The molecule has 21 heavy (non-hydrogen) atoms. The number of rotatable bonds is 5. The fourth-order valence-electron chi connectivity index (χ4n) is 2.92. The third-order valence-corrected chi connectivity index (χ3v) is 4.09. The molecule has 4 nitrogen and oxygen atoms in total. The van der Waals surface area contributed by atoms with E-state index in [1.807, 2.05) is 19.2 Å². The summed E-state index contributed by atoms with van der Waals surface area (Å²) in [5.41, 5.74) is 1.71. The maximum Gasteiger partial charge on any atom is 0.251 e. The normalized spacial score (nSPS) is 16.3. The molecule has 1 heterocycles. The number of hydrogen-bond donors (Lipinski definition) is 2. The van der Waals surface area contributed by atoms with Gasteiger partial charge in [-0.3, -0.25) is 4.79 Å². The molecule has 0 unspecified atom stereocenters. The standard InChI is InChI=1S/C17H27N3O/c1-3-8-15-11-13(12-16(18-2)19-15)17(21)20-14-9-6-4-5-7-10-14/h11-12,14H,3-10H2,1-2H3,(H,18,19)(H,20,21). The summed E-state index contributed by atoms with van der Waals surface area (Å²) in [5.74, 6) is 0.810. The third-order valence-electron chi connectivity index (χ3n) is 4.09. The van der Waals surface area contributed by atoms with Crippen LogP contribution in [-0.2, 0) is 6.42 Å². The quantitative estimate of drug-likeness (QED) is 0.815. The van der Waals surface area contributed by atoms with Crippen LogP contribution in [0.1, 0.15) is 67.9 Å². The van der Waals surface area contributed by atoms with Crippen molar-refractivity contribution >= 4 is 11.7 Å².